The molecule has 0 unspecified atom stereocenters. The van der Waals surface area contributed by atoms with E-state index in [4.69, 9.17) is 5.11 Å². The molecule has 0 atom stereocenters. The average molecular weight is 201 g/mol. The number of carboxylic acid groups (broad SMARTS) is 1. The zero-order chi connectivity index (χ0) is 10.7. The molecule has 0 aliphatic heterocycles. The third-order valence-corrected chi connectivity index (χ3v) is 2.19. The van der Waals surface area contributed by atoms with Crippen LogP contribution in [0.15, 0.2) is 42.5 Å². The molecule has 0 saturated heterocycles. The van der Waals surface area contributed by atoms with Crippen LogP contribution < -0.4 is 5.32 Å². The topological polar surface area (TPSA) is 49.3 Å². The quantitative estimate of drug-likeness (QED) is 0.801. The molecule has 2 N–H and O–H groups in total. The molecule has 0 radical (unpaired) electrons. The first-order valence-corrected chi connectivity index (χ1v) is 4.70. The number of fused-ring (bicyclic) bond motifs is 1. The standard InChI is InChI=1S/C12H11NO2/c14-12(15)8-13-11-6-5-9-3-1-2-4-10(9)7-11/h1-7,13H,8H2,(H,14,15). The lowest BCUT2D eigenvalue weighted by atomic mass is 10.1. The zero-order valence-corrected chi connectivity index (χ0v) is 8.10. The highest BCUT2D eigenvalue weighted by Gasteiger charge is 1.98. The summed E-state index contributed by atoms with van der Waals surface area (Å²) < 4.78 is 0. The predicted molar refractivity (Wildman–Crippen MR) is 60.1 cm³/mol. The maximum atomic E-state index is 10.4. The molecular weight excluding hydrogens is 190 g/mol. The van der Waals surface area contributed by atoms with Crippen LogP contribution in [0.1, 0.15) is 0 Å². The number of nitrogens with one attached hydrogen (secondary N) is 1. The fourth-order valence-electron chi connectivity index (χ4n) is 1.48. The number of rotatable bonds is 3. The predicted octanol–water partition coefficient (Wildman–Crippen LogP) is 2.34. The third kappa shape index (κ3) is 2.26. The summed E-state index contributed by atoms with van der Waals surface area (Å²) >= 11 is 0. The minimum Gasteiger partial charge on any atom is -0.480 e. The van der Waals surface area contributed by atoms with Crippen molar-refractivity contribution in [2.45, 2.75) is 0 Å². The molecule has 0 aliphatic rings. The second-order valence-corrected chi connectivity index (χ2v) is 3.31. The number of anilines is 1. The van der Waals surface area contributed by atoms with Gasteiger partial charge in [-0.25, -0.2) is 0 Å². The number of hydrogen-bond acceptors (Lipinski definition) is 2. The van der Waals surface area contributed by atoms with Crippen molar-refractivity contribution in [1.82, 2.24) is 0 Å². The molecule has 0 aromatic heterocycles. The Labute approximate surface area is 87.3 Å². The van der Waals surface area contributed by atoms with Crippen molar-refractivity contribution in [2.24, 2.45) is 0 Å². The molecule has 0 saturated carbocycles. The van der Waals surface area contributed by atoms with Crippen LogP contribution in [-0.2, 0) is 4.79 Å². The van der Waals surface area contributed by atoms with Gasteiger partial charge in [-0.15, -0.1) is 0 Å². The lowest BCUT2D eigenvalue weighted by molar-refractivity contribution is -0.134. The Morgan fingerprint density at radius 2 is 1.87 bits per heavy atom. The van der Waals surface area contributed by atoms with Crippen molar-refractivity contribution in [3.63, 3.8) is 0 Å². The third-order valence-electron chi connectivity index (χ3n) is 2.19. The van der Waals surface area contributed by atoms with Gasteiger partial charge in [0.2, 0.25) is 0 Å². The van der Waals surface area contributed by atoms with Gasteiger partial charge in [-0.2, -0.15) is 0 Å². The minimum atomic E-state index is -0.858. The van der Waals surface area contributed by atoms with E-state index < -0.39 is 5.97 Å². The molecule has 0 bridgehead atoms. The second kappa shape index (κ2) is 4.00. The molecular formula is C12H11NO2. The Balaban J connectivity index is 2.26. The number of hydrogen-bond donors (Lipinski definition) is 2. The second-order valence-electron chi connectivity index (χ2n) is 3.31. The van der Waals surface area contributed by atoms with Gasteiger partial charge in [0.25, 0.3) is 0 Å². The molecule has 0 fully saturated rings. The SMILES string of the molecule is O=C(O)CNc1ccc2ccccc2c1. The van der Waals surface area contributed by atoms with Gasteiger partial charge in [0.1, 0.15) is 6.54 Å². The molecule has 2 aromatic rings. The first-order valence-electron chi connectivity index (χ1n) is 4.70. The van der Waals surface area contributed by atoms with Crippen LogP contribution in [-0.4, -0.2) is 17.6 Å². The summed E-state index contributed by atoms with van der Waals surface area (Å²) in [7, 11) is 0. The van der Waals surface area contributed by atoms with E-state index in [-0.39, 0.29) is 6.54 Å². The summed E-state index contributed by atoms with van der Waals surface area (Å²) in [5.74, 6) is -0.858. The number of benzene rings is 2. The lowest BCUT2D eigenvalue weighted by Gasteiger charge is -2.04. The molecule has 0 spiro atoms. The Hall–Kier alpha value is -2.03. The van der Waals surface area contributed by atoms with Crippen LogP contribution in [0.5, 0.6) is 0 Å². The van der Waals surface area contributed by atoms with Crippen LogP contribution in [0.2, 0.25) is 0 Å². The highest BCUT2D eigenvalue weighted by atomic mass is 16.4. The fraction of sp³-hybridized carbons (Fsp3) is 0.0833. The van der Waals surface area contributed by atoms with Gasteiger partial charge < -0.3 is 10.4 Å². The van der Waals surface area contributed by atoms with Crippen molar-refractivity contribution in [3.8, 4) is 0 Å². The highest BCUT2D eigenvalue weighted by Crippen LogP contribution is 2.18. The Kier molecular flexibility index (Phi) is 2.54. The number of aliphatic carboxylic acids is 1. The first-order chi connectivity index (χ1) is 7.25. The first kappa shape index (κ1) is 9.52. The van der Waals surface area contributed by atoms with E-state index >= 15 is 0 Å². The van der Waals surface area contributed by atoms with Gasteiger partial charge in [-0.05, 0) is 22.9 Å². The fourth-order valence-corrected chi connectivity index (χ4v) is 1.48. The Morgan fingerprint density at radius 1 is 1.13 bits per heavy atom. The summed E-state index contributed by atoms with van der Waals surface area (Å²) in [5.41, 5.74) is 0.830. The summed E-state index contributed by atoms with van der Waals surface area (Å²) in [4.78, 5) is 10.4. The van der Waals surface area contributed by atoms with Crippen LogP contribution >= 0.6 is 0 Å². The summed E-state index contributed by atoms with van der Waals surface area (Å²) in [6.07, 6.45) is 0. The normalized spacial score (nSPS) is 10.1. The molecule has 0 amide bonds. The van der Waals surface area contributed by atoms with Crippen LogP contribution in [0.4, 0.5) is 5.69 Å². The molecule has 3 nitrogen and oxygen atoms in total. The summed E-state index contributed by atoms with van der Waals surface area (Å²) in [6, 6.07) is 13.8. The number of carboxylic acids is 1. The van der Waals surface area contributed by atoms with E-state index in [9.17, 15) is 4.79 Å². The zero-order valence-electron chi connectivity index (χ0n) is 8.10. The molecule has 2 aromatic carbocycles. The largest absolute Gasteiger partial charge is 0.480 e. The monoisotopic (exact) mass is 201 g/mol. The van der Waals surface area contributed by atoms with Gasteiger partial charge in [0, 0.05) is 5.69 Å². The minimum absolute atomic E-state index is 0.0572. The van der Waals surface area contributed by atoms with E-state index in [1.807, 2.05) is 42.5 Å². The maximum Gasteiger partial charge on any atom is 0.322 e. The van der Waals surface area contributed by atoms with E-state index in [1.54, 1.807) is 0 Å². The van der Waals surface area contributed by atoms with Crippen molar-refractivity contribution in [1.29, 1.82) is 0 Å². The van der Waals surface area contributed by atoms with Gasteiger partial charge >= 0.3 is 5.97 Å². The summed E-state index contributed by atoms with van der Waals surface area (Å²) in [6.45, 7) is -0.0572. The van der Waals surface area contributed by atoms with Crippen molar-refractivity contribution >= 4 is 22.4 Å². The smallest absolute Gasteiger partial charge is 0.322 e. The summed E-state index contributed by atoms with van der Waals surface area (Å²) in [5, 5.41) is 13.6. The van der Waals surface area contributed by atoms with E-state index in [0.717, 1.165) is 16.5 Å². The highest BCUT2D eigenvalue weighted by molar-refractivity contribution is 5.86. The molecule has 15 heavy (non-hydrogen) atoms. The van der Waals surface area contributed by atoms with Crippen molar-refractivity contribution in [2.75, 3.05) is 11.9 Å². The van der Waals surface area contributed by atoms with Crippen molar-refractivity contribution < 1.29 is 9.90 Å². The molecule has 0 aliphatic carbocycles. The maximum absolute atomic E-state index is 10.4. The van der Waals surface area contributed by atoms with Gasteiger partial charge in [-0.3, -0.25) is 4.79 Å². The van der Waals surface area contributed by atoms with Crippen molar-refractivity contribution in [3.05, 3.63) is 42.5 Å². The Morgan fingerprint density at radius 3 is 2.60 bits per heavy atom. The molecule has 3 heteroatoms. The van der Waals surface area contributed by atoms with Gasteiger partial charge in [0.05, 0.1) is 0 Å². The van der Waals surface area contributed by atoms with Crippen LogP contribution in [0.25, 0.3) is 10.8 Å². The van der Waals surface area contributed by atoms with E-state index in [0.29, 0.717) is 0 Å². The lowest BCUT2D eigenvalue weighted by Crippen LogP contribution is -2.11. The van der Waals surface area contributed by atoms with E-state index in [2.05, 4.69) is 5.32 Å². The molecule has 2 rings (SSSR count). The average Bonchev–Trinajstić information content (AvgIpc) is 2.26. The molecule has 76 valence electrons. The van der Waals surface area contributed by atoms with Crippen LogP contribution in [0, 0.1) is 0 Å². The van der Waals surface area contributed by atoms with Crippen LogP contribution in [0.3, 0.4) is 0 Å². The van der Waals surface area contributed by atoms with E-state index in [1.165, 1.54) is 0 Å². The van der Waals surface area contributed by atoms with Gasteiger partial charge in [-0.1, -0.05) is 30.3 Å². The number of carbonyl (C=O) groups is 1. The Bertz CT molecular complexity index is 494. The van der Waals surface area contributed by atoms with Gasteiger partial charge in [0.15, 0.2) is 0 Å². The molecule has 0 heterocycles.